The standard InChI is InChI=1S/C21H18N2O3/c1-26-19(25)11-15-13-7-3-5-9-17(13)23-18(24)10-14-12-6-2-4-8-16(12)22-20(14)21(15)23/h2-9,15,21-22H,10-11H2,1H3/t15-,21+/m1/s1. The minimum absolute atomic E-state index is 0.0760. The van der Waals surface area contributed by atoms with Gasteiger partial charge in [0.25, 0.3) is 0 Å². The average Bonchev–Trinajstić information content (AvgIpc) is 3.19. The number of esters is 1. The second kappa shape index (κ2) is 5.46. The van der Waals surface area contributed by atoms with Crippen molar-refractivity contribution < 1.29 is 14.3 Å². The highest BCUT2D eigenvalue weighted by Crippen LogP contribution is 2.53. The zero-order valence-corrected chi connectivity index (χ0v) is 14.4. The molecule has 5 heteroatoms. The van der Waals surface area contributed by atoms with Gasteiger partial charge in [-0.25, -0.2) is 0 Å². The summed E-state index contributed by atoms with van der Waals surface area (Å²) in [4.78, 5) is 30.5. The summed E-state index contributed by atoms with van der Waals surface area (Å²) in [5.41, 5.74) is 5.05. The Bertz CT molecular complexity index is 1050. The molecule has 2 atom stereocenters. The van der Waals surface area contributed by atoms with E-state index in [4.69, 9.17) is 4.74 Å². The van der Waals surface area contributed by atoms with Crippen molar-refractivity contribution in [1.82, 2.24) is 4.98 Å². The Labute approximate surface area is 150 Å². The molecular weight excluding hydrogens is 328 g/mol. The number of aromatic amines is 1. The Morgan fingerprint density at radius 2 is 1.96 bits per heavy atom. The molecule has 5 rings (SSSR count). The average molecular weight is 346 g/mol. The predicted molar refractivity (Wildman–Crippen MR) is 98.0 cm³/mol. The van der Waals surface area contributed by atoms with Gasteiger partial charge in [-0.1, -0.05) is 36.4 Å². The maximum atomic E-state index is 13.0. The molecule has 1 aromatic heterocycles. The zero-order chi connectivity index (χ0) is 17.8. The van der Waals surface area contributed by atoms with Crippen molar-refractivity contribution in [3.8, 4) is 0 Å². The van der Waals surface area contributed by atoms with Crippen LogP contribution in [0.25, 0.3) is 10.9 Å². The third kappa shape index (κ3) is 1.97. The number of H-pyrrole nitrogens is 1. The number of carbonyl (C=O) groups is 2. The number of amides is 1. The molecule has 26 heavy (non-hydrogen) atoms. The van der Waals surface area contributed by atoms with E-state index in [1.54, 1.807) is 0 Å². The number of hydrogen-bond acceptors (Lipinski definition) is 3. The second-order valence-corrected chi connectivity index (χ2v) is 6.89. The Morgan fingerprint density at radius 1 is 1.19 bits per heavy atom. The molecule has 130 valence electrons. The van der Waals surface area contributed by atoms with Gasteiger partial charge in [-0.3, -0.25) is 9.59 Å². The number of carbonyl (C=O) groups excluding carboxylic acids is 2. The predicted octanol–water partition coefficient (Wildman–Crippen LogP) is 3.46. The summed E-state index contributed by atoms with van der Waals surface area (Å²) in [6.45, 7) is 0. The van der Waals surface area contributed by atoms with Gasteiger partial charge in [0, 0.05) is 28.2 Å². The van der Waals surface area contributed by atoms with Crippen LogP contribution in [0, 0.1) is 0 Å². The van der Waals surface area contributed by atoms with Crippen LogP contribution in [-0.2, 0) is 20.7 Å². The van der Waals surface area contributed by atoms with Crippen LogP contribution < -0.4 is 4.90 Å². The number of fused-ring (bicyclic) bond motifs is 7. The number of aromatic nitrogens is 1. The normalized spacial score (nSPS) is 20.7. The first-order chi connectivity index (χ1) is 12.7. The van der Waals surface area contributed by atoms with Gasteiger partial charge in [0.2, 0.25) is 5.91 Å². The number of hydrogen-bond donors (Lipinski definition) is 1. The summed E-state index contributed by atoms with van der Waals surface area (Å²) in [6, 6.07) is 15.7. The van der Waals surface area contributed by atoms with Gasteiger partial charge < -0.3 is 14.6 Å². The lowest BCUT2D eigenvalue weighted by atomic mass is 9.86. The van der Waals surface area contributed by atoms with Crippen LogP contribution in [0.15, 0.2) is 48.5 Å². The second-order valence-electron chi connectivity index (χ2n) is 6.89. The van der Waals surface area contributed by atoms with Crippen LogP contribution >= 0.6 is 0 Å². The Morgan fingerprint density at radius 3 is 2.81 bits per heavy atom. The Balaban J connectivity index is 1.73. The van der Waals surface area contributed by atoms with Crippen molar-refractivity contribution in [3.05, 3.63) is 65.4 Å². The lowest BCUT2D eigenvalue weighted by Crippen LogP contribution is -2.39. The molecule has 3 aromatic rings. The summed E-state index contributed by atoms with van der Waals surface area (Å²) in [5.74, 6) is -0.302. The van der Waals surface area contributed by atoms with Crippen LogP contribution in [0.3, 0.4) is 0 Å². The van der Waals surface area contributed by atoms with E-state index < -0.39 is 0 Å². The SMILES string of the molecule is COC(=O)C[C@@H]1c2ccccc2N2C(=O)Cc3c([nH]c4ccccc34)[C@H]12. The minimum atomic E-state index is -0.262. The monoisotopic (exact) mass is 346 g/mol. The van der Waals surface area contributed by atoms with E-state index in [0.717, 1.165) is 33.4 Å². The van der Waals surface area contributed by atoms with Crippen LogP contribution in [0.1, 0.15) is 35.2 Å². The van der Waals surface area contributed by atoms with E-state index in [2.05, 4.69) is 4.98 Å². The highest BCUT2D eigenvalue weighted by Gasteiger charge is 2.47. The molecule has 2 aliphatic heterocycles. The maximum absolute atomic E-state index is 13.0. The number of anilines is 1. The molecule has 0 saturated heterocycles. The summed E-state index contributed by atoms with van der Waals surface area (Å²) >= 11 is 0. The molecule has 1 amide bonds. The smallest absolute Gasteiger partial charge is 0.306 e. The van der Waals surface area contributed by atoms with Crippen LogP contribution in [0.5, 0.6) is 0 Å². The molecule has 0 fully saturated rings. The molecule has 0 saturated carbocycles. The van der Waals surface area contributed by atoms with Gasteiger partial charge in [-0.2, -0.15) is 0 Å². The first-order valence-electron chi connectivity index (χ1n) is 8.76. The van der Waals surface area contributed by atoms with E-state index >= 15 is 0 Å². The Kier molecular flexibility index (Phi) is 3.19. The number of benzene rings is 2. The molecular formula is C21H18N2O3. The molecule has 1 N–H and O–H groups in total. The van der Waals surface area contributed by atoms with E-state index in [1.165, 1.54) is 7.11 Å². The van der Waals surface area contributed by atoms with Crippen molar-refractivity contribution in [2.75, 3.05) is 12.0 Å². The van der Waals surface area contributed by atoms with Gasteiger partial charge in [0.1, 0.15) is 0 Å². The van der Waals surface area contributed by atoms with Gasteiger partial charge in [-0.05, 0) is 23.3 Å². The van der Waals surface area contributed by atoms with Crippen molar-refractivity contribution in [3.63, 3.8) is 0 Å². The van der Waals surface area contributed by atoms with Crippen LogP contribution in [0.4, 0.5) is 5.69 Å². The summed E-state index contributed by atoms with van der Waals surface area (Å²) < 4.78 is 4.93. The molecule has 2 aromatic carbocycles. The van der Waals surface area contributed by atoms with Crippen molar-refractivity contribution in [2.24, 2.45) is 0 Å². The largest absolute Gasteiger partial charge is 0.469 e. The summed E-state index contributed by atoms with van der Waals surface area (Å²) in [5, 5.41) is 1.09. The maximum Gasteiger partial charge on any atom is 0.306 e. The third-order valence-electron chi connectivity index (χ3n) is 5.61. The number of rotatable bonds is 2. The van der Waals surface area contributed by atoms with Gasteiger partial charge in [0.15, 0.2) is 0 Å². The Hall–Kier alpha value is -3.08. The molecule has 0 bridgehead atoms. The molecule has 0 unspecified atom stereocenters. The third-order valence-corrected chi connectivity index (χ3v) is 5.61. The lowest BCUT2D eigenvalue weighted by Gasteiger charge is -2.33. The van der Waals surface area contributed by atoms with E-state index in [-0.39, 0.29) is 30.3 Å². The number of methoxy groups -OCH3 is 1. The molecule has 0 aliphatic carbocycles. The number of ether oxygens (including phenoxy) is 1. The highest BCUT2D eigenvalue weighted by molar-refractivity contribution is 6.03. The van der Waals surface area contributed by atoms with Gasteiger partial charge in [-0.15, -0.1) is 0 Å². The minimum Gasteiger partial charge on any atom is -0.469 e. The molecule has 0 spiro atoms. The summed E-state index contributed by atoms with van der Waals surface area (Å²) in [7, 11) is 1.40. The summed E-state index contributed by atoms with van der Waals surface area (Å²) in [6.07, 6.45) is 0.617. The number of nitrogens with zero attached hydrogens (tertiary/aromatic N) is 1. The zero-order valence-electron chi connectivity index (χ0n) is 14.4. The molecule has 5 nitrogen and oxygen atoms in total. The fourth-order valence-corrected chi connectivity index (χ4v) is 4.52. The molecule has 2 aliphatic rings. The lowest BCUT2D eigenvalue weighted by molar-refractivity contribution is -0.141. The number of nitrogens with one attached hydrogen (secondary N) is 1. The first kappa shape index (κ1) is 15.2. The van der Waals surface area contributed by atoms with Gasteiger partial charge >= 0.3 is 5.97 Å². The fourth-order valence-electron chi connectivity index (χ4n) is 4.52. The van der Waals surface area contributed by atoms with Crippen LogP contribution in [0.2, 0.25) is 0 Å². The fraction of sp³-hybridized carbons (Fsp3) is 0.238. The van der Waals surface area contributed by atoms with Crippen molar-refractivity contribution in [2.45, 2.75) is 24.8 Å². The van der Waals surface area contributed by atoms with Crippen molar-refractivity contribution >= 4 is 28.5 Å². The topological polar surface area (TPSA) is 62.4 Å². The number of para-hydroxylation sites is 2. The van der Waals surface area contributed by atoms with Crippen molar-refractivity contribution in [1.29, 1.82) is 0 Å². The molecule has 0 radical (unpaired) electrons. The first-order valence-corrected chi connectivity index (χ1v) is 8.76. The van der Waals surface area contributed by atoms with E-state index in [0.29, 0.717) is 6.42 Å². The molecule has 3 heterocycles. The van der Waals surface area contributed by atoms with E-state index in [1.807, 2.05) is 53.4 Å². The van der Waals surface area contributed by atoms with E-state index in [9.17, 15) is 9.59 Å². The van der Waals surface area contributed by atoms with Crippen LogP contribution in [-0.4, -0.2) is 24.0 Å². The quantitative estimate of drug-likeness (QED) is 0.723. The van der Waals surface area contributed by atoms with Gasteiger partial charge in [0.05, 0.1) is 26.0 Å². The highest BCUT2D eigenvalue weighted by atomic mass is 16.5.